The number of rotatable bonds is 5. The molecular formula is C19H20Cl2N4O2. The minimum atomic E-state index is -0.446. The lowest BCUT2D eigenvalue weighted by atomic mass is 9.98. The zero-order valence-corrected chi connectivity index (χ0v) is 16.5. The Labute approximate surface area is 168 Å². The fourth-order valence-electron chi connectivity index (χ4n) is 3.12. The summed E-state index contributed by atoms with van der Waals surface area (Å²) < 4.78 is 6.78. The fraction of sp³-hybridized carbons (Fsp3) is 0.421. The second-order valence-corrected chi connectivity index (χ2v) is 7.26. The lowest BCUT2D eigenvalue weighted by Crippen LogP contribution is -2.33. The molecule has 0 unspecified atom stereocenters. The van der Waals surface area contributed by atoms with E-state index in [1.165, 1.54) is 0 Å². The maximum Gasteiger partial charge on any atom is 0.359 e. The van der Waals surface area contributed by atoms with Gasteiger partial charge in [0.05, 0.1) is 28.4 Å². The van der Waals surface area contributed by atoms with Gasteiger partial charge in [-0.1, -0.05) is 23.2 Å². The second-order valence-electron chi connectivity index (χ2n) is 6.45. The Bertz CT molecular complexity index is 867. The third kappa shape index (κ3) is 4.62. The number of aromatic nitrogens is 2. The van der Waals surface area contributed by atoms with E-state index in [0.717, 1.165) is 31.5 Å². The predicted octanol–water partition coefficient (Wildman–Crippen LogP) is 4.09. The number of nitrogens with zero attached hydrogens (tertiary/aromatic N) is 4. The minimum Gasteiger partial charge on any atom is -0.461 e. The number of carbonyl (C=O) groups excluding carboxylic acids is 1. The first-order valence-electron chi connectivity index (χ1n) is 8.85. The number of likely N-dealkylation sites (tertiary alicyclic amines) is 1. The van der Waals surface area contributed by atoms with Gasteiger partial charge in [-0.15, -0.1) is 0 Å². The van der Waals surface area contributed by atoms with Crippen molar-refractivity contribution >= 4 is 29.2 Å². The largest absolute Gasteiger partial charge is 0.461 e. The molecule has 0 N–H and O–H groups in total. The third-order valence-electron chi connectivity index (χ3n) is 4.59. The molecule has 1 aromatic heterocycles. The van der Waals surface area contributed by atoms with E-state index in [0.29, 0.717) is 28.0 Å². The molecule has 2 heterocycles. The van der Waals surface area contributed by atoms with Crippen molar-refractivity contribution in [2.45, 2.75) is 26.3 Å². The van der Waals surface area contributed by atoms with Gasteiger partial charge in [0.1, 0.15) is 0 Å². The van der Waals surface area contributed by atoms with Gasteiger partial charge in [0, 0.05) is 24.2 Å². The Balaban J connectivity index is 1.87. The molecule has 1 aliphatic heterocycles. The number of nitriles is 1. The van der Waals surface area contributed by atoms with Crippen LogP contribution in [0.2, 0.25) is 10.0 Å². The van der Waals surface area contributed by atoms with Crippen LogP contribution in [0.3, 0.4) is 0 Å². The van der Waals surface area contributed by atoms with Gasteiger partial charge in [0.15, 0.2) is 5.69 Å². The number of ether oxygens (including phenoxy) is 1. The van der Waals surface area contributed by atoms with E-state index in [2.05, 4.69) is 16.1 Å². The number of hydrogen-bond acceptors (Lipinski definition) is 5. The van der Waals surface area contributed by atoms with E-state index < -0.39 is 5.97 Å². The van der Waals surface area contributed by atoms with Gasteiger partial charge in [-0.2, -0.15) is 10.4 Å². The molecular weight excluding hydrogens is 387 g/mol. The van der Waals surface area contributed by atoms with Crippen LogP contribution in [0, 0.1) is 17.2 Å². The molecule has 27 heavy (non-hydrogen) atoms. The van der Waals surface area contributed by atoms with Crippen LogP contribution in [0.1, 0.15) is 35.8 Å². The third-order valence-corrected chi connectivity index (χ3v) is 5.33. The smallest absolute Gasteiger partial charge is 0.359 e. The summed E-state index contributed by atoms with van der Waals surface area (Å²) in [6.45, 7) is 4.26. The van der Waals surface area contributed by atoms with Gasteiger partial charge in [0.2, 0.25) is 0 Å². The molecule has 1 aliphatic rings. The highest BCUT2D eigenvalue weighted by Gasteiger charge is 2.24. The molecule has 2 aromatic rings. The topological polar surface area (TPSA) is 71.2 Å². The van der Waals surface area contributed by atoms with Gasteiger partial charge < -0.3 is 4.74 Å². The van der Waals surface area contributed by atoms with Crippen LogP contribution >= 0.6 is 23.2 Å². The number of esters is 1. The number of hydrogen-bond donors (Lipinski definition) is 0. The summed E-state index contributed by atoms with van der Waals surface area (Å²) in [5, 5.41) is 14.4. The Kier molecular flexibility index (Phi) is 6.38. The molecule has 142 valence electrons. The first kappa shape index (κ1) is 19.7. The zero-order chi connectivity index (χ0) is 19.4. The Morgan fingerprint density at radius 1 is 1.33 bits per heavy atom. The molecule has 1 fully saturated rings. The molecule has 0 radical (unpaired) electrons. The van der Waals surface area contributed by atoms with E-state index in [1.807, 2.05) is 6.20 Å². The normalized spacial score (nSPS) is 15.5. The molecule has 0 aliphatic carbocycles. The minimum absolute atomic E-state index is 0.115. The summed E-state index contributed by atoms with van der Waals surface area (Å²) in [7, 11) is 0. The van der Waals surface area contributed by atoms with Crippen LogP contribution in [0.5, 0.6) is 0 Å². The summed E-state index contributed by atoms with van der Waals surface area (Å²) in [4.78, 5) is 14.6. The maximum absolute atomic E-state index is 12.4. The van der Waals surface area contributed by atoms with Crippen LogP contribution < -0.4 is 0 Å². The molecule has 1 saturated heterocycles. The first-order chi connectivity index (χ1) is 13.0. The van der Waals surface area contributed by atoms with Crippen molar-refractivity contribution in [2.24, 2.45) is 5.92 Å². The van der Waals surface area contributed by atoms with E-state index in [4.69, 9.17) is 33.2 Å². The number of halogens is 2. The maximum atomic E-state index is 12.4. The second kappa shape index (κ2) is 8.75. The van der Waals surface area contributed by atoms with E-state index >= 15 is 0 Å². The highest BCUT2D eigenvalue weighted by Crippen LogP contribution is 2.26. The molecule has 0 amide bonds. The van der Waals surface area contributed by atoms with E-state index in [9.17, 15) is 4.79 Å². The summed E-state index contributed by atoms with van der Waals surface area (Å²) in [6.07, 6.45) is 3.50. The molecule has 0 spiro atoms. The molecule has 8 heteroatoms. The molecule has 0 atom stereocenters. The van der Waals surface area contributed by atoms with Crippen molar-refractivity contribution in [3.63, 3.8) is 0 Å². The van der Waals surface area contributed by atoms with Gasteiger partial charge in [-0.3, -0.25) is 4.90 Å². The molecule has 0 bridgehead atoms. The fourth-order valence-corrected chi connectivity index (χ4v) is 3.41. The Hall–Kier alpha value is -2.07. The van der Waals surface area contributed by atoms with Gasteiger partial charge in [-0.25, -0.2) is 9.48 Å². The van der Waals surface area contributed by atoms with E-state index in [-0.39, 0.29) is 12.5 Å². The number of benzene rings is 1. The monoisotopic (exact) mass is 406 g/mol. The van der Waals surface area contributed by atoms with Crippen molar-refractivity contribution in [1.82, 2.24) is 14.7 Å². The molecule has 6 nitrogen and oxygen atoms in total. The van der Waals surface area contributed by atoms with Crippen LogP contribution in [-0.4, -0.2) is 40.3 Å². The summed E-state index contributed by atoms with van der Waals surface area (Å²) in [5.41, 5.74) is 1.80. The quantitative estimate of drug-likeness (QED) is 0.699. The summed E-state index contributed by atoms with van der Waals surface area (Å²) in [6, 6.07) is 7.51. The predicted molar refractivity (Wildman–Crippen MR) is 103 cm³/mol. The zero-order valence-electron chi connectivity index (χ0n) is 15.0. The average Bonchev–Trinajstić information content (AvgIpc) is 3.09. The van der Waals surface area contributed by atoms with Gasteiger partial charge in [0.25, 0.3) is 0 Å². The van der Waals surface area contributed by atoms with Crippen molar-refractivity contribution in [1.29, 1.82) is 5.26 Å². The summed E-state index contributed by atoms with van der Waals surface area (Å²) in [5.74, 6) is -0.331. The first-order valence-corrected chi connectivity index (χ1v) is 9.60. The van der Waals surface area contributed by atoms with Crippen LogP contribution in [-0.2, 0) is 11.3 Å². The molecule has 1 aromatic carbocycles. The molecule has 0 saturated carbocycles. The average molecular weight is 407 g/mol. The van der Waals surface area contributed by atoms with E-state index in [1.54, 1.807) is 29.8 Å². The molecule has 3 rings (SSSR count). The lowest BCUT2D eigenvalue weighted by Gasteiger charge is -2.28. The van der Waals surface area contributed by atoms with Crippen molar-refractivity contribution in [2.75, 3.05) is 19.7 Å². The highest BCUT2D eigenvalue weighted by molar-refractivity contribution is 6.42. The van der Waals surface area contributed by atoms with Crippen LogP contribution in [0.4, 0.5) is 0 Å². The van der Waals surface area contributed by atoms with Gasteiger partial charge >= 0.3 is 5.97 Å². The SMILES string of the molecule is CCOC(=O)c1nn(-c2ccc(Cl)c(Cl)c2)cc1CN1CCC(C#N)CC1. The lowest BCUT2D eigenvalue weighted by molar-refractivity contribution is 0.0516. The van der Waals surface area contributed by atoms with Crippen molar-refractivity contribution in [3.8, 4) is 11.8 Å². The van der Waals surface area contributed by atoms with Gasteiger partial charge in [-0.05, 0) is 51.1 Å². The van der Waals surface area contributed by atoms with Crippen LogP contribution in [0.15, 0.2) is 24.4 Å². The summed E-state index contributed by atoms with van der Waals surface area (Å²) >= 11 is 12.1. The van der Waals surface area contributed by atoms with Crippen LogP contribution in [0.25, 0.3) is 5.69 Å². The Morgan fingerprint density at radius 3 is 2.70 bits per heavy atom. The number of piperidine rings is 1. The standard InChI is InChI=1S/C19H20Cl2N4O2/c1-2-27-19(26)18-14(11-24-7-5-13(10-22)6-8-24)12-25(23-18)15-3-4-16(20)17(21)9-15/h3-4,9,12-13H,2,5-8,11H2,1H3. The number of carbonyl (C=O) groups is 1. The highest BCUT2D eigenvalue weighted by atomic mass is 35.5. The Morgan fingerprint density at radius 2 is 2.07 bits per heavy atom. The van der Waals surface area contributed by atoms with Crippen molar-refractivity contribution in [3.05, 3.63) is 45.7 Å². The van der Waals surface area contributed by atoms with Crippen molar-refractivity contribution < 1.29 is 9.53 Å².